The molecule has 1 spiro atoms. The minimum atomic E-state index is -1.40. The maximum atomic E-state index is 13.2. The van der Waals surface area contributed by atoms with Crippen LogP contribution in [0, 0.1) is 0 Å². The van der Waals surface area contributed by atoms with E-state index in [2.05, 4.69) is 0 Å². The van der Waals surface area contributed by atoms with Crippen molar-refractivity contribution in [2.45, 2.75) is 18.3 Å². The molecule has 0 N–H and O–H groups in total. The fourth-order valence-corrected chi connectivity index (χ4v) is 4.02. The first-order valence-electron chi connectivity index (χ1n) is 8.84. The van der Waals surface area contributed by atoms with Gasteiger partial charge in [-0.2, -0.15) is 0 Å². The van der Waals surface area contributed by atoms with Crippen molar-refractivity contribution in [2.24, 2.45) is 0 Å². The molecule has 0 bridgehead atoms. The van der Waals surface area contributed by atoms with E-state index in [9.17, 15) is 14.4 Å². The van der Waals surface area contributed by atoms with E-state index in [0.29, 0.717) is 17.7 Å². The standard InChI is InChI=1S/C21H20N2O4/c1-22-17-6-4-3-5-16(17)21(19(22)25)13-18(24)23(20(21)26)12-11-14-7-9-15(27-2)10-8-14/h3-10H,11-13H2,1-2H3/t21-/m0/s1. The van der Waals surface area contributed by atoms with Crippen LogP contribution in [0.3, 0.4) is 0 Å². The van der Waals surface area contributed by atoms with E-state index < -0.39 is 11.3 Å². The number of fused-ring (bicyclic) bond motifs is 2. The highest BCUT2D eigenvalue weighted by Crippen LogP contribution is 2.47. The molecule has 0 aliphatic carbocycles. The lowest BCUT2D eigenvalue weighted by Gasteiger charge is -2.21. The van der Waals surface area contributed by atoms with Crippen molar-refractivity contribution in [3.63, 3.8) is 0 Å². The van der Waals surface area contributed by atoms with Gasteiger partial charge in [-0.25, -0.2) is 0 Å². The number of hydrogen-bond donors (Lipinski definition) is 0. The van der Waals surface area contributed by atoms with E-state index in [-0.39, 0.29) is 24.8 Å². The van der Waals surface area contributed by atoms with E-state index in [0.717, 1.165) is 11.3 Å². The van der Waals surface area contributed by atoms with Gasteiger partial charge in [0.2, 0.25) is 17.7 Å². The quantitative estimate of drug-likeness (QED) is 0.614. The van der Waals surface area contributed by atoms with Crippen molar-refractivity contribution in [3.05, 3.63) is 59.7 Å². The topological polar surface area (TPSA) is 66.9 Å². The molecule has 1 fully saturated rings. The number of methoxy groups -OCH3 is 1. The van der Waals surface area contributed by atoms with Crippen molar-refractivity contribution in [1.82, 2.24) is 4.90 Å². The summed E-state index contributed by atoms with van der Waals surface area (Å²) < 4.78 is 5.14. The normalized spacial score (nSPS) is 21.3. The zero-order valence-corrected chi connectivity index (χ0v) is 15.3. The van der Waals surface area contributed by atoms with Gasteiger partial charge in [-0.3, -0.25) is 19.3 Å². The lowest BCUT2D eigenvalue weighted by atomic mass is 9.80. The predicted octanol–water partition coefficient (Wildman–Crippen LogP) is 1.91. The van der Waals surface area contributed by atoms with Crippen LogP contribution < -0.4 is 9.64 Å². The van der Waals surface area contributed by atoms with Crippen LogP contribution in [0.15, 0.2) is 48.5 Å². The van der Waals surface area contributed by atoms with Gasteiger partial charge >= 0.3 is 0 Å². The third-order valence-corrected chi connectivity index (χ3v) is 5.51. The largest absolute Gasteiger partial charge is 0.497 e. The molecule has 0 aromatic heterocycles. The molecule has 4 rings (SSSR count). The maximum absolute atomic E-state index is 13.2. The van der Waals surface area contributed by atoms with Crippen LogP contribution in [0.1, 0.15) is 17.5 Å². The third kappa shape index (κ3) is 2.44. The Bertz CT molecular complexity index is 937. The molecule has 0 radical (unpaired) electrons. The number of benzene rings is 2. The highest BCUT2D eigenvalue weighted by Gasteiger charge is 2.62. The maximum Gasteiger partial charge on any atom is 0.250 e. The predicted molar refractivity (Wildman–Crippen MR) is 99.6 cm³/mol. The van der Waals surface area contributed by atoms with Crippen molar-refractivity contribution in [1.29, 1.82) is 0 Å². The lowest BCUT2D eigenvalue weighted by molar-refractivity contribution is -0.141. The average molecular weight is 364 g/mol. The zero-order chi connectivity index (χ0) is 19.2. The second kappa shape index (κ2) is 6.23. The molecule has 2 heterocycles. The van der Waals surface area contributed by atoms with E-state index in [4.69, 9.17) is 4.74 Å². The molecular formula is C21H20N2O4. The van der Waals surface area contributed by atoms with Gasteiger partial charge in [-0.15, -0.1) is 0 Å². The highest BCUT2D eigenvalue weighted by atomic mass is 16.5. The Morgan fingerprint density at radius 2 is 1.70 bits per heavy atom. The summed E-state index contributed by atoms with van der Waals surface area (Å²) in [5.41, 5.74) is 0.915. The Balaban J connectivity index is 1.60. The first kappa shape index (κ1) is 17.3. The second-order valence-electron chi connectivity index (χ2n) is 6.91. The fraction of sp³-hybridized carbons (Fsp3) is 0.286. The first-order chi connectivity index (χ1) is 13.0. The first-order valence-corrected chi connectivity index (χ1v) is 8.84. The number of carbonyl (C=O) groups excluding carboxylic acids is 3. The van der Waals surface area contributed by atoms with Crippen LogP contribution in [-0.2, 0) is 26.2 Å². The fourth-order valence-electron chi connectivity index (χ4n) is 4.02. The van der Waals surface area contributed by atoms with Gasteiger partial charge < -0.3 is 9.64 Å². The monoisotopic (exact) mass is 364 g/mol. The Morgan fingerprint density at radius 1 is 1.00 bits per heavy atom. The summed E-state index contributed by atoms with van der Waals surface area (Å²) in [6.07, 6.45) is 0.428. The molecule has 2 aromatic carbocycles. The van der Waals surface area contributed by atoms with Gasteiger partial charge in [0, 0.05) is 24.8 Å². The zero-order valence-electron chi connectivity index (χ0n) is 15.3. The van der Waals surface area contributed by atoms with Gasteiger partial charge in [-0.05, 0) is 30.2 Å². The number of para-hydroxylation sites is 1. The molecular weight excluding hydrogens is 344 g/mol. The number of imide groups is 1. The van der Waals surface area contributed by atoms with E-state index in [1.165, 1.54) is 9.80 Å². The molecule has 2 aromatic rings. The minimum absolute atomic E-state index is 0.103. The molecule has 6 nitrogen and oxygen atoms in total. The smallest absolute Gasteiger partial charge is 0.250 e. The van der Waals surface area contributed by atoms with Crippen LogP contribution in [0.5, 0.6) is 5.75 Å². The number of hydrogen-bond acceptors (Lipinski definition) is 4. The van der Waals surface area contributed by atoms with Crippen LogP contribution in [0.2, 0.25) is 0 Å². The molecule has 2 aliphatic rings. The molecule has 27 heavy (non-hydrogen) atoms. The van der Waals surface area contributed by atoms with Crippen LogP contribution >= 0.6 is 0 Å². The number of amides is 3. The average Bonchev–Trinajstić information content (AvgIpc) is 3.07. The lowest BCUT2D eigenvalue weighted by Crippen LogP contribution is -2.45. The summed E-state index contributed by atoms with van der Waals surface area (Å²) in [7, 11) is 3.25. The van der Waals surface area contributed by atoms with Gasteiger partial charge in [0.15, 0.2) is 5.41 Å². The summed E-state index contributed by atoms with van der Waals surface area (Å²) in [5, 5.41) is 0. The Kier molecular flexibility index (Phi) is 3.98. The van der Waals surface area contributed by atoms with Crippen LogP contribution in [0.4, 0.5) is 5.69 Å². The van der Waals surface area contributed by atoms with Crippen LogP contribution in [-0.4, -0.2) is 43.3 Å². The van der Waals surface area contributed by atoms with Gasteiger partial charge in [0.25, 0.3) is 0 Å². The number of rotatable bonds is 4. The number of ether oxygens (including phenoxy) is 1. The molecule has 3 amide bonds. The van der Waals surface area contributed by atoms with Gasteiger partial charge in [0.05, 0.1) is 13.5 Å². The Labute approximate surface area is 157 Å². The highest BCUT2D eigenvalue weighted by molar-refractivity contribution is 6.28. The van der Waals surface area contributed by atoms with Crippen LogP contribution in [0.25, 0.3) is 0 Å². The van der Waals surface area contributed by atoms with Gasteiger partial charge in [0.1, 0.15) is 5.75 Å². The van der Waals surface area contributed by atoms with E-state index in [1.54, 1.807) is 32.4 Å². The van der Waals surface area contributed by atoms with Gasteiger partial charge in [-0.1, -0.05) is 30.3 Å². The molecule has 0 saturated carbocycles. The van der Waals surface area contributed by atoms with E-state index in [1.807, 2.05) is 30.3 Å². The molecule has 6 heteroatoms. The Morgan fingerprint density at radius 3 is 2.41 bits per heavy atom. The summed E-state index contributed by atoms with van der Waals surface area (Å²) >= 11 is 0. The molecule has 0 unspecified atom stereocenters. The molecule has 2 aliphatic heterocycles. The van der Waals surface area contributed by atoms with Crippen molar-refractivity contribution < 1.29 is 19.1 Å². The number of carbonyl (C=O) groups is 3. The number of likely N-dealkylation sites (N-methyl/N-ethyl adjacent to an activating group) is 1. The Hall–Kier alpha value is -3.15. The molecule has 1 saturated heterocycles. The number of nitrogens with zero attached hydrogens (tertiary/aromatic N) is 2. The summed E-state index contributed by atoms with van der Waals surface area (Å²) in [6, 6.07) is 14.7. The van der Waals surface area contributed by atoms with Crippen molar-refractivity contribution in [3.8, 4) is 5.75 Å². The van der Waals surface area contributed by atoms with Crippen molar-refractivity contribution in [2.75, 3.05) is 25.6 Å². The SMILES string of the molecule is COc1ccc(CCN2C(=O)C[C@@]3(C2=O)C(=O)N(C)c2ccccc23)cc1. The summed E-state index contributed by atoms with van der Waals surface area (Å²) in [5.74, 6) is -0.286. The molecule has 1 atom stereocenters. The number of likely N-dealkylation sites (tertiary alicyclic amines) is 1. The molecule has 138 valence electrons. The second-order valence-corrected chi connectivity index (χ2v) is 6.91. The van der Waals surface area contributed by atoms with E-state index >= 15 is 0 Å². The minimum Gasteiger partial charge on any atom is -0.497 e. The van der Waals surface area contributed by atoms with Crippen molar-refractivity contribution >= 4 is 23.4 Å². The summed E-state index contributed by atoms with van der Waals surface area (Å²) in [6.45, 7) is 0.255. The summed E-state index contributed by atoms with van der Waals surface area (Å²) in [4.78, 5) is 41.5. The third-order valence-electron chi connectivity index (χ3n) is 5.51. The number of anilines is 1.